The average Bonchev–Trinajstić information content (AvgIpc) is 3.47. The van der Waals surface area contributed by atoms with E-state index in [1.54, 1.807) is 32.0 Å². The monoisotopic (exact) mass is 628 g/mol. The maximum absolute atomic E-state index is 15.5. The van der Waals surface area contributed by atoms with E-state index in [0.717, 1.165) is 4.88 Å². The quantitative estimate of drug-likeness (QED) is 0.229. The summed E-state index contributed by atoms with van der Waals surface area (Å²) in [5, 5.41) is 2.45. The number of carbonyl (C=O) groups is 3. The van der Waals surface area contributed by atoms with Crippen LogP contribution in [0.15, 0.2) is 82.6 Å². The molecular weight excluding hydrogens is 602 g/mol. The van der Waals surface area contributed by atoms with Crippen LogP contribution in [0.1, 0.15) is 42.5 Å². The molecule has 11 heteroatoms. The summed E-state index contributed by atoms with van der Waals surface area (Å²) in [6, 6.07) is 14.2. The maximum Gasteiger partial charge on any atom is 0.338 e. The average molecular weight is 630 g/mol. The lowest BCUT2D eigenvalue weighted by molar-refractivity contribution is -0.152. The number of nitrogens with zero attached hydrogens (tertiary/aromatic N) is 1. The molecule has 1 aliphatic heterocycles. The van der Waals surface area contributed by atoms with E-state index in [1.807, 2.05) is 17.5 Å². The number of Topliss-reactive ketones (excluding diaryl/α,β-unsaturated/α-hetero) is 1. The van der Waals surface area contributed by atoms with E-state index in [9.17, 15) is 14.4 Å². The van der Waals surface area contributed by atoms with Gasteiger partial charge in [0.2, 0.25) is 0 Å². The minimum atomic E-state index is -1.25. The molecule has 2 aliphatic rings. The number of hydrogen-bond acceptors (Lipinski definition) is 8. The van der Waals surface area contributed by atoms with Gasteiger partial charge in [-0.05, 0) is 56.0 Å². The number of ketones is 1. The normalized spacial score (nSPS) is 20.5. The zero-order chi connectivity index (χ0) is 30.1. The molecule has 2 aromatic carbocycles. The molecule has 3 aromatic rings. The van der Waals surface area contributed by atoms with Crippen LogP contribution in [0.25, 0.3) is 0 Å². The van der Waals surface area contributed by atoms with Gasteiger partial charge in [-0.15, -0.1) is 11.3 Å². The molecule has 7 nitrogen and oxygen atoms in total. The van der Waals surface area contributed by atoms with Crippen LogP contribution in [-0.4, -0.2) is 30.9 Å². The van der Waals surface area contributed by atoms with Crippen molar-refractivity contribution in [3.8, 4) is 0 Å². The first-order valence-corrected chi connectivity index (χ1v) is 15.0. The summed E-state index contributed by atoms with van der Waals surface area (Å²) >= 11 is 14.1. The van der Waals surface area contributed by atoms with Crippen LogP contribution in [0.4, 0.5) is 10.1 Å². The first-order chi connectivity index (χ1) is 20.2. The number of halogens is 3. The standard InChI is InChI=1S/C31H27Cl2FN2O5S/c1-3-40-30(38)25-20(23-10-7-11-42-23)15-22-26(28(25)37)24(19-8-5-6-9-21(19)34)27(31(39)41-4-2)29(35)36(22)18-13-16(32)12-17(33)14-18/h5-14,20,24-25H,3-4,15,35H2,1-2H3/t20-,24+,25+/m1/s1. The summed E-state index contributed by atoms with van der Waals surface area (Å²) in [6.45, 7) is 3.36. The maximum atomic E-state index is 15.5. The number of esters is 2. The highest BCUT2D eigenvalue weighted by Crippen LogP contribution is 2.52. The minimum absolute atomic E-state index is 0.00829. The highest BCUT2D eigenvalue weighted by Gasteiger charge is 2.52. The Bertz CT molecular complexity index is 1600. The third-order valence-electron chi connectivity index (χ3n) is 7.30. The smallest absolute Gasteiger partial charge is 0.338 e. The second-order valence-corrected chi connectivity index (χ2v) is 11.6. The zero-order valence-corrected chi connectivity index (χ0v) is 25.1. The molecular formula is C31H27Cl2FN2O5S. The van der Waals surface area contributed by atoms with Crippen molar-refractivity contribution in [3.05, 3.63) is 109 Å². The Morgan fingerprint density at radius 3 is 2.36 bits per heavy atom. The fourth-order valence-electron chi connectivity index (χ4n) is 5.69. The van der Waals surface area contributed by atoms with Crippen LogP contribution in [0.2, 0.25) is 10.0 Å². The Morgan fingerprint density at radius 1 is 1.05 bits per heavy atom. The zero-order valence-electron chi connectivity index (χ0n) is 22.7. The van der Waals surface area contributed by atoms with Crippen molar-refractivity contribution in [2.45, 2.75) is 32.1 Å². The Morgan fingerprint density at radius 2 is 1.74 bits per heavy atom. The van der Waals surface area contributed by atoms with Crippen LogP contribution < -0.4 is 10.6 Å². The van der Waals surface area contributed by atoms with Crippen molar-refractivity contribution < 1.29 is 28.2 Å². The van der Waals surface area contributed by atoms with Crippen molar-refractivity contribution in [2.75, 3.05) is 18.1 Å². The molecule has 2 N–H and O–H groups in total. The lowest BCUT2D eigenvalue weighted by Crippen LogP contribution is -2.46. The molecule has 218 valence electrons. The van der Waals surface area contributed by atoms with Gasteiger partial charge in [0.25, 0.3) is 0 Å². The fraction of sp³-hybridized carbons (Fsp3) is 0.258. The number of allylic oxidation sites excluding steroid dienone is 2. The molecule has 1 aromatic heterocycles. The molecule has 5 rings (SSSR count). The van der Waals surface area contributed by atoms with Crippen LogP contribution in [0.5, 0.6) is 0 Å². The van der Waals surface area contributed by atoms with Crippen LogP contribution in [0, 0.1) is 11.7 Å². The van der Waals surface area contributed by atoms with E-state index >= 15 is 4.39 Å². The lowest BCUT2D eigenvalue weighted by Gasteiger charge is -2.44. The molecule has 0 bridgehead atoms. The van der Waals surface area contributed by atoms with Gasteiger partial charge in [0.1, 0.15) is 17.6 Å². The van der Waals surface area contributed by atoms with E-state index in [2.05, 4.69) is 0 Å². The van der Waals surface area contributed by atoms with Gasteiger partial charge in [-0.3, -0.25) is 14.5 Å². The number of hydrogen-bond donors (Lipinski definition) is 1. The molecule has 2 heterocycles. The molecule has 0 saturated heterocycles. The molecule has 0 radical (unpaired) electrons. The lowest BCUT2D eigenvalue weighted by atomic mass is 9.68. The van der Waals surface area contributed by atoms with Gasteiger partial charge in [-0.2, -0.15) is 0 Å². The second-order valence-electron chi connectivity index (χ2n) is 9.72. The number of anilines is 1. The number of thiophene rings is 1. The van der Waals surface area contributed by atoms with E-state index < -0.39 is 41.3 Å². The first-order valence-electron chi connectivity index (χ1n) is 13.3. The van der Waals surface area contributed by atoms with E-state index in [4.69, 9.17) is 38.4 Å². The molecule has 3 atom stereocenters. The summed E-state index contributed by atoms with van der Waals surface area (Å²) in [5.41, 5.74) is 7.54. The van der Waals surface area contributed by atoms with Gasteiger partial charge >= 0.3 is 11.9 Å². The molecule has 1 aliphatic carbocycles. The molecule has 0 unspecified atom stereocenters. The third-order valence-corrected chi connectivity index (χ3v) is 8.75. The highest BCUT2D eigenvalue weighted by molar-refractivity contribution is 7.10. The Balaban J connectivity index is 1.85. The summed E-state index contributed by atoms with van der Waals surface area (Å²) in [5.74, 6) is -5.91. The fourth-order valence-corrected chi connectivity index (χ4v) is 7.07. The van der Waals surface area contributed by atoms with Crippen LogP contribution in [-0.2, 0) is 23.9 Å². The SMILES string of the molecule is CCOC(=O)C1=C(N)N(c2cc(Cl)cc(Cl)c2)C2=C(C(=O)[C@@H](C(=O)OCC)[C@@H](c3cccs3)C2)[C@@H]1c1ccccc1F. The van der Waals surface area contributed by atoms with Gasteiger partial charge < -0.3 is 15.2 Å². The molecule has 0 amide bonds. The van der Waals surface area contributed by atoms with E-state index in [0.29, 0.717) is 21.4 Å². The van der Waals surface area contributed by atoms with Gasteiger partial charge in [0.15, 0.2) is 5.78 Å². The van der Waals surface area contributed by atoms with E-state index in [1.165, 1.54) is 40.5 Å². The Labute approximate surface area is 256 Å². The van der Waals surface area contributed by atoms with Crippen molar-refractivity contribution in [3.63, 3.8) is 0 Å². The molecule has 42 heavy (non-hydrogen) atoms. The van der Waals surface area contributed by atoms with Crippen molar-refractivity contribution >= 4 is 57.9 Å². The number of rotatable bonds is 7. The molecule has 0 spiro atoms. The summed E-state index contributed by atoms with van der Waals surface area (Å²) in [4.78, 5) is 44.0. The number of benzene rings is 2. The highest BCUT2D eigenvalue weighted by atomic mass is 35.5. The van der Waals surface area contributed by atoms with Crippen molar-refractivity contribution in [1.82, 2.24) is 0 Å². The van der Waals surface area contributed by atoms with Crippen molar-refractivity contribution in [2.24, 2.45) is 11.7 Å². The van der Waals surface area contributed by atoms with Crippen molar-refractivity contribution in [1.29, 1.82) is 0 Å². The largest absolute Gasteiger partial charge is 0.465 e. The molecule has 0 saturated carbocycles. The van der Waals surface area contributed by atoms with E-state index in [-0.39, 0.29) is 42.2 Å². The van der Waals surface area contributed by atoms with Gasteiger partial charge in [-0.1, -0.05) is 47.5 Å². The van der Waals surface area contributed by atoms with Gasteiger partial charge in [0, 0.05) is 37.7 Å². The van der Waals surface area contributed by atoms with Gasteiger partial charge in [-0.25, -0.2) is 9.18 Å². The summed E-state index contributed by atoms with van der Waals surface area (Å²) in [7, 11) is 0. The van der Waals surface area contributed by atoms with Crippen LogP contribution in [0.3, 0.4) is 0 Å². The Hall–Kier alpha value is -3.66. The topological polar surface area (TPSA) is 98.9 Å². The van der Waals surface area contributed by atoms with Crippen LogP contribution >= 0.6 is 34.5 Å². The summed E-state index contributed by atoms with van der Waals surface area (Å²) in [6.07, 6.45) is 0.150. The third kappa shape index (κ3) is 5.32. The summed E-state index contributed by atoms with van der Waals surface area (Å²) < 4.78 is 26.3. The minimum Gasteiger partial charge on any atom is -0.465 e. The predicted molar refractivity (Wildman–Crippen MR) is 160 cm³/mol. The first kappa shape index (κ1) is 29.8. The molecule has 0 fully saturated rings. The number of carbonyl (C=O) groups excluding carboxylic acids is 3. The predicted octanol–water partition coefficient (Wildman–Crippen LogP) is 6.72. The van der Waals surface area contributed by atoms with Gasteiger partial charge in [0.05, 0.1) is 30.4 Å². The number of nitrogens with two attached hydrogens (primary N) is 1. The Kier molecular flexibility index (Phi) is 8.73. The number of ether oxygens (including phenoxy) is 2. The second kappa shape index (κ2) is 12.3.